The molecule has 1 aliphatic carbocycles. The fourth-order valence-electron chi connectivity index (χ4n) is 3.82. The predicted octanol–water partition coefficient (Wildman–Crippen LogP) is 1.54. The third-order valence-corrected chi connectivity index (χ3v) is 4.96. The summed E-state index contributed by atoms with van der Waals surface area (Å²) in [6, 6.07) is 5.23. The van der Waals surface area contributed by atoms with Crippen molar-refractivity contribution in [1.29, 1.82) is 0 Å². The van der Waals surface area contributed by atoms with Crippen molar-refractivity contribution in [3.05, 3.63) is 29.3 Å². The van der Waals surface area contributed by atoms with E-state index in [4.69, 9.17) is 0 Å². The van der Waals surface area contributed by atoms with Crippen molar-refractivity contribution in [2.45, 2.75) is 38.1 Å². The molecular weight excluding hydrogens is 294 g/mol. The maximum absolute atomic E-state index is 12.2. The number of anilines is 1. The van der Waals surface area contributed by atoms with Gasteiger partial charge in [0, 0.05) is 12.2 Å². The first kappa shape index (κ1) is 14.2. The molecule has 1 unspecified atom stereocenters. The first-order chi connectivity index (χ1) is 11.1. The van der Waals surface area contributed by atoms with Gasteiger partial charge in [0.15, 0.2) is 0 Å². The summed E-state index contributed by atoms with van der Waals surface area (Å²) in [6.07, 6.45) is 4.85. The Hall–Kier alpha value is -2.37. The first-order valence-electron chi connectivity index (χ1n) is 8.17. The second kappa shape index (κ2) is 5.37. The van der Waals surface area contributed by atoms with Gasteiger partial charge in [0.25, 0.3) is 5.91 Å². The molecule has 1 atom stereocenters. The van der Waals surface area contributed by atoms with Crippen LogP contribution < -0.4 is 5.32 Å². The van der Waals surface area contributed by atoms with E-state index < -0.39 is 0 Å². The van der Waals surface area contributed by atoms with Gasteiger partial charge in [-0.1, -0.05) is 6.07 Å². The molecule has 0 bridgehead atoms. The van der Waals surface area contributed by atoms with Crippen LogP contribution in [0.1, 0.15) is 30.4 Å². The zero-order chi connectivity index (χ0) is 16.0. The minimum Gasteiger partial charge on any atom is -0.325 e. The largest absolute Gasteiger partial charge is 0.327 e. The van der Waals surface area contributed by atoms with Gasteiger partial charge in [0.2, 0.25) is 5.91 Å². The Kier molecular flexibility index (Phi) is 3.32. The van der Waals surface area contributed by atoms with Gasteiger partial charge in [-0.15, -0.1) is 0 Å². The fourth-order valence-corrected chi connectivity index (χ4v) is 3.82. The highest BCUT2D eigenvalue weighted by molar-refractivity contribution is 6.08. The van der Waals surface area contributed by atoms with Crippen LogP contribution in [-0.4, -0.2) is 46.8 Å². The summed E-state index contributed by atoms with van der Waals surface area (Å²) in [6.45, 7) is 0.403. The Morgan fingerprint density at radius 3 is 2.83 bits per heavy atom. The normalized spacial score (nSPS) is 22.5. The molecule has 0 radical (unpaired) electrons. The molecule has 3 aliphatic rings. The van der Waals surface area contributed by atoms with E-state index in [2.05, 4.69) is 5.32 Å². The molecule has 1 aromatic rings. The van der Waals surface area contributed by atoms with E-state index in [0.29, 0.717) is 13.0 Å². The van der Waals surface area contributed by atoms with E-state index in [1.807, 2.05) is 18.2 Å². The van der Waals surface area contributed by atoms with Gasteiger partial charge in [0.05, 0.1) is 0 Å². The van der Waals surface area contributed by atoms with Crippen molar-refractivity contribution < 1.29 is 14.4 Å². The quantitative estimate of drug-likeness (QED) is 0.861. The van der Waals surface area contributed by atoms with Gasteiger partial charge in [-0.05, 0) is 55.4 Å². The van der Waals surface area contributed by atoms with Gasteiger partial charge in [0.1, 0.15) is 12.6 Å². The second-order valence-electron chi connectivity index (χ2n) is 6.44. The number of aryl methyl sites for hydroxylation is 2. The topological polar surface area (TPSA) is 69.7 Å². The summed E-state index contributed by atoms with van der Waals surface area (Å²) in [5.74, 6) is -0.567. The highest BCUT2D eigenvalue weighted by Gasteiger charge is 2.47. The molecule has 2 saturated heterocycles. The second-order valence-corrected chi connectivity index (χ2v) is 6.44. The molecule has 2 aliphatic heterocycles. The maximum Gasteiger partial charge on any atom is 0.327 e. The van der Waals surface area contributed by atoms with Gasteiger partial charge < -0.3 is 10.2 Å². The predicted molar refractivity (Wildman–Crippen MR) is 83.9 cm³/mol. The van der Waals surface area contributed by atoms with Crippen molar-refractivity contribution in [3.8, 4) is 0 Å². The maximum atomic E-state index is 12.2. The Bertz CT molecular complexity index is 678. The number of fused-ring (bicyclic) bond motifs is 2. The van der Waals surface area contributed by atoms with Crippen LogP contribution in [0.2, 0.25) is 0 Å². The number of hydrogen-bond donors (Lipinski definition) is 1. The number of hydrogen-bond acceptors (Lipinski definition) is 3. The highest BCUT2D eigenvalue weighted by Crippen LogP contribution is 2.27. The minimum atomic E-state index is -0.352. The number of imide groups is 1. The number of nitrogens with one attached hydrogen (secondary N) is 1. The summed E-state index contributed by atoms with van der Waals surface area (Å²) in [7, 11) is 0. The Morgan fingerprint density at radius 2 is 2.00 bits per heavy atom. The number of amides is 4. The lowest BCUT2D eigenvalue weighted by atomic mass is 10.1. The van der Waals surface area contributed by atoms with Crippen molar-refractivity contribution in [3.63, 3.8) is 0 Å². The van der Waals surface area contributed by atoms with Crippen LogP contribution in [0.15, 0.2) is 18.2 Å². The third-order valence-electron chi connectivity index (χ3n) is 4.96. The molecular formula is C17H19N3O3. The number of urea groups is 1. The van der Waals surface area contributed by atoms with Crippen molar-refractivity contribution in [2.75, 3.05) is 18.4 Å². The standard InChI is InChI=1S/C17H19N3O3/c21-15(18-13-7-6-11-3-1-4-12(11)9-13)10-20-16(22)14-5-2-8-19(14)17(20)23/h6-7,9,14H,1-5,8,10H2,(H,18,21). The molecule has 6 heteroatoms. The van der Waals surface area contributed by atoms with Crippen LogP contribution in [0, 0.1) is 0 Å². The van der Waals surface area contributed by atoms with Gasteiger partial charge in [-0.25, -0.2) is 4.79 Å². The SMILES string of the molecule is O=C(CN1C(=O)C2CCCN2C1=O)Nc1ccc2c(c1)CCC2. The number of rotatable bonds is 3. The number of benzene rings is 1. The van der Waals surface area contributed by atoms with E-state index in [1.165, 1.54) is 11.1 Å². The molecule has 23 heavy (non-hydrogen) atoms. The summed E-state index contributed by atoms with van der Waals surface area (Å²) < 4.78 is 0. The van der Waals surface area contributed by atoms with E-state index in [1.54, 1.807) is 4.90 Å². The average Bonchev–Trinajstić information content (AvgIpc) is 3.22. The monoisotopic (exact) mass is 313 g/mol. The fraction of sp³-hybridized carbons (Fsp3) is 0.471. The number of carbonyl (C=O) groups excluding carboxylic acids is 3. The van der Waals surface area contributed by atoms with E-state index >= 15 is 0 Å². The van der Waals surface area contributed by atoms with E-state index in [0.717, 1.165) is 36.3 Å². The molecule has 2 fully saturated rings. The zero-order valence-electron chi connectivity index (χ0n) is 12.9. The summed E-state index contributed by atoms with van der Waals surface area (Å²) in [5.41, 5.74) is 3.35. The van der Waals surface area contributed by atoms with Crippen molar-refractivity contribution >= 4 is 23.5 Å². The number of carbonyl (C=O) groups is 3. The highest BCUT2D eigenvalue weighted by atomic mass is 16.2. The minimum absolute atomic E-state index is 0.207. The molecule has 4 amide bonds. The smallest absolute Gasteiger partial charge is 0.325 e. The lowest BCUT2D eigenvalue weighted by molar-refractivity contribution is -0.131. The molecule has 0 saturated carbocycles. The summed E-state index contributed by atoms with van der Waals surface area (Å²) in [5, 5.41) is 2.80. The van der Waals surface area contributed by atoms with Crippen molar-refractivity contribution in [1.82, 2.24) is 9.80 Å². The van der Waals surface area contributed by atoms with Crippen LogP contribution in [0.3, 0.4) is 0 Å². The Morgan fingerprint density at radius 1 is 1.17 bits per heavy atom. The lowest BCUT2D eigenvalue weighted by Gasteiger charge is -2.15. The summed E-state index contributed by atoms with van der Waals surface area (Å²) in [4.78, 5) is 39.3. The first-order valence-corrected chi connectivity index (χ1v) is 8.17. The number of nitrogens with zero attached hydrogens (tertiary/aromatic N) is 2. The van der Waals surface area contributed by atoms with Gasteiger partial charge in [-0.2, -0.15) is 0 Å². The van der Waals surface area contributed by atoms with Gasteiger partial charge >= 0.3 is 6.03 Å². The van der Waals surface area contributed by atoms with Crippen molar-refractivity contribution in [2.24, 2.45) is 0 Å². The molecule has 0 spiro atoms. The molecule has 6 nitrogen and oxygen atoms in total. The van der Waals surface area contributed by atoms with E-state index in [9.17, 15) is 14.4 Å². The molecule has 0 aromatic heterocycles. The van der Waals surface area contributed by atoms with Crippen LogP contribution in [0.25, 0.3) is 0 Å². The van der Waals surface area contributed by atoms with Crippen LogP contribution in [0.5, 0.6) is 0 Å². The van der Waals surface area contributed by atoms with Crippen LogP contribution in [0.4, 0.5) is 10.5 Å². The molecule has 1 N–H and O–H groups in total. The average molecular weight is 313 g/mol. The molecule has 120 valence electrons. The lowest BCUT2D eigenvalue weighted by Crippen LogP contribution is -2.39. The molecule has 1 aromatic carbocycles. The van der Waals surface area contributed by atoms with Gasteiger partial charge in [-0.3, -0.25) is 14.5 Å². The molecule has 4 rings (SSSR count). The summed E-state index contributed by atoms with van der Waals surface area (Å²) >= 11 is 0. The third kappa shape index (κ3) is 2.38. The Labute approximate surface area is 134 Å². The Balaban J connectivity index is 1.42. The van der Waals surface area contributed by atoms with Crippen LogP contribution in [-0.2, 0) is 22.4 Å². The zero-order valence-corrected chi connectivity index (χ0v) is 12.9. The van der Waals surface area contributed by atoms with E-state index in [-0.39, 0.29) is 30.4 Å². The van der Waals surface area contributed by atoms with Crippen LogP contribution >= 0.6 is 0 Å². The molecule has 2 heterocycles.